The zero-order chi connectivity index (χ0) is 12.8. The molecular weight excluding hydrogens is 226 g/mol. The maximum absolute atomic E-state index is 5.23. The first-order valence-corrected chi connectivity index (χ1v) is 6.27. The summed E-state index contributed by atoms with van der Waals surface area (Å²) in [6.45, 7) is 3.15. The van der Waals surface area contributed by atoms with E-state index in [0.717, 1.165) is 30.2 Å². The van der Waals surface area contributed by atoms with Crippen LogP contribution in [0, 0.1) is 0 Å². The lowest BCUT2D eigenvalue weighted by molar-refractivity contribution is 0.414. The van der Waals surface area contributed by atoms with Crippen molar-refractivity contribution < 1.29 is 4.74 Å². The third-order valence-corrected chi connectivity index (χ3v) is 2.78. The van der Waals surface area contributed by atoms with Gasteiger partial charge < -0.3 is 10.1 Å². The van der Waals surface area contributed by atoms with Crippen LogP contribution < -0.4 is 10.1 Å². The maximum Gasteiger partial charge on any atom is 0.129 e. The van der Waals surface area contributed by atoms with E-state index in [1.807, 2.05) is 35.0 Å². The summed E-state index contributed by atoms with van der Waals surface area (Å²) in [5, 5.41) is 7.73. The van der Waals surface area contributed by atoms with E-state index in [2.05, 4.69) is 17.3 Å². The Morgan fingerprint density at radius 2 is 2.22 bits per heavy atom. The minimum Gasteiger partial charge on any atom is -0.497 e. The normalized spacial score (nSPS) is 10.3. The predicted octanol–water partition coefficient (Wildman–Crippen LogP) is 3.09. The maximum atomic E-state index is 5.23. The molecule has 1 aromatic carbocycles. The number of nitrogens with one attached hydrogen (secondary N) is 1. The summed E-state index contributed by atoms with van der Waals surface area (Å²) in [6, 6.07) is 9.86. The van der Waals surface area contributed by atoms with Crippen LogP contribution in [0.4, 0.5) is 5.82 Å². The van der Waals surface area contributed by atoms with E-state index in [1.165, 1.54) is 6.42 Å². The number of unbranched alkanes of at least 4 members (excludes halogenated alkanes) is 1. The lowest BCUT2D eigenvalue weighted by Gasteiger charge is -2.10. The standard InChI is InChI=1S/C14H19N3O/c1-3-4-9-15-14-8-10-16-17(14)12-6-5-7-13(11-12)18-2/h5-8,10-11,15H,3-4,9H2,1-2H3. The van der Waals surface area contributed by atoms with Crippen LogP contribution >= 0.6 is 0 Å². The van der Waals surface area contributed by atoms with Crippen molar-refractivity contribution in [3.05, 3.63) is 36.5 Å². The summed E-state index contributed by atoms with van der Waals surface area (Å²) < 4.78 is 7.12. The molecule has 0 radical (unpaired) electrons. The molecule has 96 valence electrons. The predicted molar refractivity (Wildman–Crippen MR) is 73.5 cm³/mol. The van der Waals surface area contributed by atoms with Crippen LogP contribution in [0.3, 0.4) is 0 Å². The van der Waals surface area contributed by atoms with Crippen LogP contribution in [0.25, 0.3) is 5.69 Å². The lowest BCUT2D eigenvalue weighted by atomic mass is 10.3. The van der Waals surface area contributed by atoms with Crippen LogP contribution in [0.15, 0.2) is 36.5 Å². The SMILES string of the molecule is CCCCNc1ccnn1-c1cccc(OC)c1. The molecule has 4 nitrogen and oxygen atoms in total. The fourth-order valence-corrected chi connectivity index (χ4v) is 1.78. The van der Waals surface area contributed by atoms with Gasteiger partial charge in [-0.25, -0.2) is 4.68 Å². The van der Waals surface area contributed by atoms with Crippen LogP contribution in [-0.4, -0.2) is 23.4 Å². The summed E-state index contributed by atoms with van der Waals surface area (Å²) in [6.07, 6.45) is 4.14. The van der Waals surface area contributed by atoms with Crippen molar-refractivity contribution in [2.75, 3.05) is 19.0 Å². The van der Waals surface area contributed by atoms with Crippen molar-refractivity contribution in [2.24, 2.45) is 0 Å². The Labute approximate surface area is 108 Å². The Kier molecular flexibility index (Phi) is 4.23. The first-order valence-electron chi connectivity index (χ1n) is 6.27. The average Bonchev–Trinajstić information content (AvgIpc) is 2.87. The molecule has 0 atom stereocenters. The van der Waals surface area contributed by atoms with Crippen molar-refractivity contribution in [1.29, 1.82) is 0 Å². The quantitative estimate of drug-likeness (QED) is 0.795. The number of ether oxygens (including phenoxy) is 1. The highest BCUT2D eigenvalue weighted by molar-refractivity contribution is 5.47. The van der Waals surface area contributed by atoms with Gasteiger partial charge in [-0.1, -0.05) is 19.4 Å². The molecule has 1 aromatic heterocycles. The summed E-state index contributed by atoms with van der Waals surface area (Å²) in [7, 11) is 1.67. The third-order valence-electron chi connectivity index (χ3n) is 2.78. The Morgan fingerprint density at radius 1 is 1.33 bits per heavy atom. The fraction of sp³-hybridized carbons (Fsp3) is 0.357. The van der Waals surface area contributed by atoms with E-state index < -0.39 is 0 Å². The molecule has 0 aliphatic carbocycles. The molecule has 0 aliphatic heterocycles. The molecule has 0 saturated heterocycles. The van der Waals surface area contributed by atoms with Gasteiger partial charge in [-0.2, -0.15) is 5.10 Å². The number of hydrogen-bond donors (Lipinski definition) is 1. The third kappa shape index (κ3) is 2.83. The molecule has 0 unspecified atom stereocenters. The number of methoxy groups -OCH3 is 1. The second-order valence-corrected chi connectivity index (χ2v) is 4.11. The van der Waals surface area contributed by atoms with Gasteiger partial charge in [0.1, 0.15) is 11.6 Å². The second-order valence-electron chi connectivity index (χ2n) is 4.11. The van der Waals surface area contributed by atoms with E-state index in [-0.39, 0.29) is 0 Å². The van der Waals surface area contributed by atoms with Gasteiger partial charge in [0.25, 0.3) is 0 Å². The minimum absolute atomic E-state index is 0.836. The van der Waals surface area contributed by atoms with Gasteiger partial charge in [0.05, 0.1) is 19.0 Å². The molecule has 0 saturated carbocycles. The average molecular weight is 245 g/mol. The van der Waals surface area contributed by atoms with Crippen molar-refractivity contribution in [2.45, 2.75) is 19.8 Å². The van der Waals surface area contributed by atoms with Crippen molar-refractivity contribution in [3.63, 3.8) is 0 Å². The Balaban J connectivity index is 2.19. The number of rotatable bonds is 6. The number of anilines is 1. The molecule has 1 heterocycles. The van der Waals surface area contributed by atoms with Crippen LogP contribution in [0.5, 0.6) is 5.75 Å². The Bertz CT molecular complexity index is 493. The zero-order valence-electron chi connectivity index (χ0n) is 10.9. The molecule has 2 rings (SSSR count). The van der Waals surface area contributed by atoms with Crippen LogP contribution in [0.2, 0.25) is 0 Å². The molecule has 0 amide bonds. The van der Waals surface area contributed by atoms with Crippen molar-refractivity contribution >= 4 is 5.82 Å². The number of hydrogen-bond acceptors (Lipinski definition) is 3. The topological polar surface area (TPSA) is 39.1 Å². The number of aromatic nitrogens is 2. The highest BCUT2D eigenvalue weighted by Gasteiger charge is 2.04. The molecule has 0 aliphatic rings. The highest BCUT2D eigenvalue weighted by atomic mass is 16.5. The molecule has 0 spiro atoms. The van der Waals surface area contributed by atoms with Gasteiger partial charge in [-0.15, -0.1) is 0 Å². The molecule has 2 aromatic rings. The van der Waals surface area contributed by atoms with Gasteiger partial charge in [-0.05, 0) is 18.6 Å². The molecular formula is C14H19N3O. The van der Waals surface area contributed by atoms with Crippen LogP contribution in [0.1, 0.15) is 19.8 Å². The smallest absolute Gasteiger partial charge is 0.129 e. The van der Waals surface area contributed by atoms with Gasteiger partial charge in [0.2, 0.25) is 0 Å². The molecule has 18 heavy (non-hydrogen) atoms. The monoisotopic (exact) mass is 245 g/mol. The first-order chi connectivity index (χ1) is 8.85. The zero-order valence-corrected chi connectivity index (χ0v) is 10.9. The minimum atomic E-state index is 0.836. The molecule has 0 bridgehead atoms. The molecule has 0 fully saturated rings. The number of nitrogens with zero attached hydrogens (tertiary/aromatic N) is 2. The van der Waals surface area contributed by atoms with E-state index in [9.17, 15) is 0 Å². The Hall–Kier alpha value is -1.97. The van der Waals surface area contributed by atoms with Crippen molar-refractivity contribution in [1.82, 2.24) is 9.78 Å². The fourth-order valence-electron chi connectivity index (χ4n) is 1.78. The van der Waals surface area contributed by atoms with E-state index in [1.54, 1.807) is 13.3 Å². The van der Waals surface area contributed by atoms with Crippen LogP contribution in [-0.2, 0) is 0 Å². The molecule has 1 N–H and O–H groups in total. The van der Waals surface area contributed by atoms with Gasteiger partial charge >= 0.3 is 0 Å². The largest absolute Gasteiger partial charge is 0.497 e. The first kappa shape index (κ1) is 12.5. The van der Waals surface area contributed by atoms with E-state index in [4.69, 9.17) is 4.74 Å². The van der Waals surface area contributed by atoms with Gasteiger partial charge in [0.15, 0.2) is 0 Å². The van der Waals surface area contributed by atoms with Crippen molar-refractivity contribution in [3.8, 4) is 11.4 Å². The van der Waals surface area contributed by atoms with E-state index >= 15 is 0 Å². The summed E-state index contributed by atoms with van der Waals surface area (Å²) in [5.41, 5.74) is 0.998. The lowest BCUT2D eigenvalue weighted by Crippen LogP contribution is -2.07. The summed E-state index contributed by atoms with van der Waals surface area (Å²) >= 11 is 0. The second kappa shape index (κ2) is 6.10. The molecule has 4 heteroatoms. The van der Waals surface area contributed by atoms with Gasteiger partial charge in [0, 0.05) is 18.7 Å². The Morgan fingerprint density at radius 3 is 3.00 bits per heavy atom. The van der Waals surface area contributed by atoms with E-state index in [0.29, 0.717) is 0 Å². The summed E-state index contributed by atoms with van der Waals surface area (Å²) in [4.78, 5) is 0. The summed E-state index contributed by atoms with van der Waals surface area (Å²) in [5.74, 6) is 1.85. The highest BCUT2D eigenvalue weighted by Crippen LogP contribution is 2.19. The van der Waals surface area contributed by atoms with Gasteiger partial charge in [-0.3, -0.25) is 0 Å². The number of benzene rings is 1.